The van der Waals surface area contributed by atoms with Crippen LogP contribution in [-0.4, -0.2) is 26.0 Å². The Bertz CT molecular complexity index is 1250. The Labute approximate surface area is 182 Å². The lowest BCUT2D eigenvalue weighted by atomic mass is 10.2. The van der Waals surface area contributed by atoms with E-state index in [1.807, 2.05) is 4.72 Å². The zero-order valence-corrected chi connectivity index (χ0v) is 18.0. The highest BCUT2D eigenvalue weighted by Crippen LogP contribution is 2.21. The smallest absolute Gasteiger partial charge is 0.270 e. The molecule has 7 nitrogen and oxygen atoms in total. The van der Waals surface area contributed by atoms with E-state index in [1.54, 1.807) is 18.2 Å². The molecule has 0 aliphatic heterocycles. The third kappa shape index (κ3) is 4.84. The fraction of sp³-hybridized carbons (Fsp3) is 0.100. The van der Waals surface area contributed by atoms with E-state index in [0.717, 1.165) is 0 Å². The Morgan fingerprint density at radius 2 is 1.80 bits per heavy atom. The van der Waals surface area contributed by atoms with Gasteiger partial charge in [-0.3, -0.25) is 9.59 Å². The molecule has 30 heavy (non-hydrogen) atoms. The Morgan fingerprint density at radius 1 is 1.10 bits per heavy atom. The van der Waals surface area contributed by atoms with Crippen LogP contribution in [-0.2, 0) is 16.6 Å². The van der Waals surface area contributed by atoms with Crippen molar-refractivity contribution in [3.05, 3.63) is 92.3 Å². The van der Waals surface area contributed by atoms with Gasteiger partial charge in [0.2, 0.25) is 0 Å². The third-order valence-electron chi connectivity index (χ3n) is 4.22. The number of benzene rings is 2. The van der Waals surface area contributed by atoms with Crippen molar-refractivity contribution in [2.24, 2.45) is 0 Å². The first kappa shape index (κ1) is 21.9. The standard InChI is InChI=1S/C20H16Cl2N2O5S/c1-29-15-6-8-16(9-7-15)30(27,28)23-19(25)17-3-2-10-24(20(17)26)12-13-4-5-14(21)11-18(13)22/h2-11H,12H2,1H3,(H,23,25). The second-order valence-corrected chi connectivity index (χ2v) is 8.73. The molecule has 0 spiro atoms. The van der Waals surface area contributed by atoms with Gasteiger partial charge in [-0.1, -0.05) is 29.3 Å². The Kier molecular flexibility index (Phi) is 6.50. The summed E-state index contributed by atoms with van der Waals surface area (Å²) in [6.07, 6.45) is 1.47. The van der Waals surface area contributed by atoms with Crippen molar-refractivity contribution in [1.29, 1.82) is 0 Å². The van der Waals surface area contributed by atoms with Crippen molar-refractivity contribution in [1.82, 2.24) is 9.29 Å². The molecule has 0 fully saturated rings. The molecule has 2 aromatic carbocycles. The number of hydrogen-bond donors (Lipinski definition) is 1. The fourth-order valence-electron chi connectivity index (χ4n) is 2.66. The zero-order chi connectivity index (χ0) is 21.9. The summed E-state index contributed by atoms with van der Waals surface area (Å²) in [5, 5.41) is 0.819. The number of rotatable bonds is 6. The van der Waals surface area contributed by atoms with Gasteiger partial charge in [0.1, 0.15) is 11.3 Å². The summed E-state index contributed by atoms with van der Waals surface area (Å²) in [6.45, 7) is 0.0845. The summed E-state index contributed by atoms with van der Waals surface area (Å²) in [5.41, 5.74) is -0.364. The Morgan fingerprint density at radius 3 is 2.43 bits per heavy atom. The lowest BCUT2D eigenvalue weighted by Gasteiger charge is -2.11. The summed E-state index contributed by atoms with van der Waals surface area (Å²) < 4.78 is 33.1. The molecular weight excluding hydrogens is 451 g/mol. The number of ether oxygens (including phenoxy) is 1. The highest BCUT2D eigenvalue weighted by molar-refractivity contribution is 7.90. The minimum atomic E-state index is -4.17. The number of halogens is 2. The number of carbonyl (C=O) groups is 1. The van der Waals surface area contributed by atoms with E-state index in [0.29, 0.717) is 21.4 Å². The Balaban J connectivity index is 1.86. The van der Waals surface area contributed by atoms with E-state index in [2.05, 4.69) is 0 Å². The number of pyridine rings is 1. The maximum absolute atomic E-state index is 12.7. The summed E-state index contributed by atoms with van der Waals surface area (Å²) in [7, 11) is -2.72. The summed E-state index contributed by atoms with van der Waals surface area (Å²) in [6, 6.07) is 13.0. The van der Waals surface area contributed by atoms with Gasteiger partial charge in [-0.2, -0.15) is 0 Å². The number of nitrogens with one attached hydrogen (secondary N) is 1. The van der Waals surface area contributed by atoms with Gasteiger partial charge in [0.15, 0.2) is 0 Å². The van der Waals surface area contributed by atoms with Crippen LogP contribution in [0.4, 0.5) is 0 Å². The molecule has 1 aromatic heterocycles. The molecule has 0 atom stereocenters. The van der Waals surface area contributed by atoms with Crippen LogP contribution in [0.15, 0.2) is 70.5 Å². The summed E-state index contributed by atoms with van der Waals surface area (Å²) >= 11 is 12.0. The lowest BCUT2D eigenvalue weighted by Crippen LogP contribution is -2.36. The number of aromatic nitrogens is 1. The molecule has 3 rings (SSSR count). The van der Waals surface area contributed by atoms with E-state index in [4.69, 9.17) is 27.9 Å². The molecular formula is C20H16Cl2N2O5S. The molecule has 0 unspecified atom stereocenters. The second kappa shape index (κ2) is 8.91. The van der Waals surface area contributed by atoms with Crippen molar-refractivity contribution >= 4 is 39.1 Å². The van der Waals surface area contributed by atoms with E-state index < -0.39 is 21.5 Å². The van der Waals surface area contributed by atoms with Crippen LogP contribution in [0.3, 0.4) is 0 Å². The number of nitrogens with zero attached hydrogens (tertiary/aromatic N) is 1. The van der Waals surface area contributed by atoms with Gasteiger partial charge in [0.25, 0.3) is 21.5 Å². The normalized spacial score (nSPS) is 11.2. The zero-order valence-electron chi connectivity index (χ0n) is 15.6. The van der Waals surface area contributed by atoms with Crippen molar-refractivity contribution in [2.45, 2.75) is 11.4 Å². The number of sulfonamides is 1. The molecule has 3 aromatic rings. The van der Waals surface area contributed by atoms with Gasteiger partial charge in [0, 0.05) is 16.2 Å². The van der Waals surface area contributed by atoms with Crippen LogP contribution >= 0.6 is 23.2 Å². The van der Waals surface area contributed by atoms with Gasteiger partial charge in [-0.05, 0) is 54.1 Å². The molecule has 0 aliphatic rings. The molecule has 1 heterocycles. The van der Waals surface area contributed by atoms with Crippen molar-refractivity contribution < 1.29 is 17.9 Å². The quantitative estimate of drug-likeness (QED) is 0.600. The topological polar surface area (TPSA) is 94.5 Å². The average Bonchev–Trinajstić information content (AvgIpc) is 2.71. The molecule has 10 heteroatoms. The maximum Gasteiger partial charge on any atom is 0.270 e. The highest BCUT2D eigenvalue weighted by Gasteiger charge is 2.21. The van der Waals surface area contributed by atoms with Gasteiger partial charge in [0.05, 0.1) is 18.6 Å². The van der Waals surface area contributed by atoms with E-state index in [9.17, 15) is 18.0 Å². The predicted octanol–water partition coefficient (Wildman–Crippen LogP) is 3.33. The van der Waals surface area contributed by atoms with Gasteiger partial charge in [-0.15, -0.1) is 0 Å². The molecule has 1 amide bonds. The number of carbonyl (C=O) groups excluding carboxylic acids is 1. The van der Waals surface area contributed by atoms with Gasteiger partial charge in [-0.25, -0.2) is 13.1 Å². The Hall–Kier alpha value is -2.81. The maximum atomic E-state index is 12.7. The SMILES string of the molecule is COc1ccc(S(=O)(=O)NC(=O)c2cccn(Cc3ccc(Cl)cc3Cl)c2=O)cc1. The molecule has 0 saturated heterocycles. The third-order valence-corrected chi connectivity index (χ3v) is 6.15. The number of hydrogen-bond acceptors (Lipinski definition) is 5. The fourth-order valence-corrected chi connectivity index (χ4v) is 4.09. The summed E-state index contributed by atoms with van der Waals surface area (Å²) in [4.78, 5) is 25.1. The molecule has 156 valence electrons. The van der Waals surface area contributed by atoms with Crippen LogP contribution in [0.25, 0.3) is 0 Å². The second-order valence-electron chi connectivity index (χ2n) is 6.20. The molecule has 1 N–H and O–H groups in total. The average molecular weight is 467 g/mol. The minimum Gasteiger partial charge on any atom is -0.497 e. The largest absolute Gasteiger partial charge is 0.497 e. The first-order valence-corrected chi connectivity index (χ1v) is 10.8. The van der Waals surface area contributed by atoms with Gasteiger partial charge < -0.3 is 9.30 Å². The predicted molar refractivity (Wildman–Crippen MR) is 114 cm³/mol. The molecule has 0 bridgehead atoms. The van der Waals surface area contributed by atoms with E-state index in [1.165, 1.54) is 54.3 Å². The first-order valence-electron chi connectivity index (χ1n) is 8.56. The van der Waals surface area contributed by atoms with Gasteiger partial charge >= 0.3 is 0 Å². The first-order chi connectivity index (χ1) is 14.2. The highest BCUT2D eigenvalue weighted by atomic mass is 35.5. The monoisotopic (exact) mass is 466 g/mol. The minimum absolute atomic E-state index is 0.0845. The van der Waals surface area contributed by atoms with Crippen LogP contribution in [0.1, 0.15) is 15.9 Å². The lowest BCUT2D eigenvalue weighted by molar-refractivity contribution is 0.0979. The number of methoxy groups -OCH3 is 1. The molecule has 0 aliphatic carbocycles. The molecule has 0 radical (unpaired) electrons. The van der Waals surface area contributed by atoms with Crippen molar-refractivity contribution in [2.75, 3.05) is 7.11 Å². The van der Waals surface area contributed by atoms with Crippen LogP contribution in [0, 0.1) is 0 Å². The van der Waals surface area contributed by atoms with Crippen LogP contribution < -0.4 is 15.0 Å². The number of amides is 1. The molecule has 0 saturated carbocycles. The summed E-state index contributed by atoms with van der Waals surface area (Å²) in [5.74, 6) is -0.570. The van der Waals surface area contributed by atoms with E-state index >= 15 is 0 Å². The van der Waals surface area contributed by atoms with Crippen LogP contribution in [0.5, 0.6) is 5.75 Å². The van der Waals surface area contributed by atoms with E-state index in [-0.39, 0.29) is 17.0 Å². The van der Waals surface area contributed by atoms with Crippen molar-refractivity contribution in [3.63, 3.8) is 0 Å². The van der Waals surface area contributed by atoms with Crippen LogP contribution in [0.2, 0.25) is 10.0 Å². The van der Waals surface area contributed by atoms with Crippen molar-refractivity contribution in [3.8, 4) is 5.75 Å².